The van der Waals surface area contributed by atoms with Crippen molar-refractivity contribution in [2.45, 2.75) is 59.4 Å². The van der Waals surface area contributed by atoms with E-state index in [-0.39, 0.29) is 11.9 Å². The zero-order valence-corrected chi connectivity index (χ0v) is 20.9. The topological polar surface area (TPSA) is 83.9 Å². The maximum atomic E-state index is 13.8. The molecule has 9 heteroatoms. The fourth-order valence-electron chi connectivity index (χ4n) is 5.69. The maximum absolute atomic E-state index is 13.8. The van der Waals surface area contributed by atoms with Gasteiger partial charge < -0.3 is 9.80 Å². The molecule has 182 valence electrons. The van der Waals surface area contributed by atoms with Crippen molar-refractivity contribution in [1.29, 1.82) is 0 Å². The number of piperidine rings is 1. The number of likely N-dealkylation sites (tertiary alicyclic amines) is 1. The van der Waals surface area contributed by atoms with Crippen LogP contribution in [0.25, 0.3) is 11.3 Å². The Morgan fingerprint density at radius 1 is 1.06 bits per heavy atom. The second kappa shape index (κ2) is 8.32. The number of anilines is 1. The highest BCUT2D eigenvalue weighted by Crippen LogP contribution is 2.33. The molecular formula is C26H32N8O. The second-order valence-electron chi connectivity index (χ2n) is 10.3. The summed E-state index contributed by atoms with van der Waals surface area (Å²) >= 11 is 0. The van der Waals surface area contributed by atoms with Gasteiger partial charge in [0.05, 0.1) is 17.9 Å². The monoisotopic (exact) mass is 472 g/mol. The molecule has 35 heavy (non-hydrogen) atoms. The molecule has 6 heterocycles. The van der Waals surface area contributed by atoms with Crippen molar-refractivity contribution in [2.24, 2.45) is 5.92 Å². The molecule has 0 spiro atoms. The van der Waals surface area contributed by atoms with Gasteiger partial charge in [0, 0.05) is 48.8 Å². The number of hydrogen-bond acceptors (Lipinski definition) is 6. The average molecular weight is 473 g/mol. The van der Waals surface area contributed by atoms with Gasteiger partial charge in [-0.25, -0.2) is 19.0 Å². The minimum Gasteiger partial charge on any atom is -0.356 e. The number of rotatable bonds is 3. The summed E-state index contributed by atoms with van der Waals surface area (Å²) in [4.78, 5) is 27.7. The van der Waals surface area contributed by atoms with Gasteiger partial charge in [-0.3, -0.25) is 4.79 Å². The Labute approximate surface area is 204 Å². The number of carbonyl (C=O) groups is 1. The lowest BCUT2D eigenvalue weighted by atomic mass is 9.98. The van der Waals surface area contributed by atoms with Crippen molar-refractivity contribution in [1.82, 2.24) is 34.1 Å². The average Bonchev–Trinajstić information content (AvgIpc) is 3.56. The van der Waals surface area contributed by atoms with E-state index in [1.165, 1.54) is 6.42 Å². The SMILES string of the molecule is Cc1cc(C)n2ncc(C(=O)N3CCCC[C@H]3c3cc4nc(N5CC[C@H](C)C5)c(C)cn4n3)c2n1. The first-order valence-corrected chi connectivity index (χ1v) is 12.6. The predicted molar refractivity (Wildman–Crippen MR) is 134 cm³/mol. The molecule has 2 saturated heterocycles. The molecule has 0 saturated carbocycles. The molecule has 4 aromatic rings. The fourth-order valence-corrected chi connectivity index (χ4v) is 5.69. The van der Waals surface area contributed by atoms with Gasteiger partial charge in [-0.15, -0.1) is 0 Å². The van der Waals surface area contributed by atoms with Crippen LogP contribution in [0.3, 0.4) is 0 Å². The van der Waals surface area contributed by atoms with Crippen molar-refractivity contribution in [3.05, 3.63) is 52.7 Å². The molecule has 2 aliphatic rings. The summed E-state index contributed by atoms with van der Waals surface area (Å²) in [7, 11) is 0. The van der Waals surface area contributed by atoms with E-state index in [1.54, 1.807) is 10.7 Å². The van der Waals surface area contributed by atoms with Crippen LogP contribution >= 0.6 is 0 Å². The number of amides is 1. The zero-order valence-electron chi connectivity index (χ0n) is 20.9. The minimum atomic E-state index is -0.0885. The van der Waals surface area contributed by atoms with E-state index in [4.69, 9.17) is 10.1 Å². The van der Waals surface area contributed by atoms with Crippen LogP contribution in [0.5, 0.6) is 0 Å². The summed E-state index contributed by atoms with van der Waals surface area (Å²) in [5.41, 5.74) is 5.87. The normalized spacial score (nSPS) is 20.9. The van der Waals surface area contributed by atoms with Gasteiger partial charge in [0.25, 0.3) is 5.91 Å². The quantitative estimate of drug-likeness (QED) is 0.450. The summed E-state index contributed by atoms with van der Waals surface area (Å²) in [6, 6.07) is 3.94. The molecule has 0 radical (unpaired) electrons. The smallest absolute Gasteiger partial charge is 0.259 e. The van der Waals surface area contributed by atoms with Gasteiger partial charge in [-0.2, -0.15) is 10.2 Å². The summed E-state index contributed by atoms with van der Waals surface area (Å²) in [5.74, 6) is 1.71. The first-order valence-electron chi connectivity index (χ1n) is 12.6. The fraction of sp³-hybridized carbons (Fsp3) is 0.500. The molecule has 1 amide bonds. The summed E-state index contributed by atoms with van der Waals surface area (Å²) in [6.07, 6.45) is 7.86. The minimum absolute atomic E-state index is 0.0323. The van der Waals surface area contributed by atoms with Crippen LogP contribution in [-0.2, 0) is 0 Å². The third-order valence-corrected chi connectivity index (χ3v) is 7.46. The van der Waals surface area contributed by atoms with Crippen molar-refractivity contribution < 1.29 is 4.79 Å². The highest BCUT2D eigenvalue weighted by Gasteiger charge is 2.33. The Morgan fingerprint density at radius 3 is 2.71 bits per heavy atom. The predicted octanol–water partition coefficient (Wildman–Crippen LogP) is 3.91. The lowest BCUT2D eigenvalue weighted by Gasteiger charge is -2.34. The Balaban J connectivity index is 1.35. The van der Waals surface area contributed by atoms with Gasteiger partial charge in [0.2, 0.25) is 0 Å². The third-order valence-electron chi connectivity index (χ3n) is 7.46. The number of carbonyl (C=O) groups excluding carboxylic acids is 1. The molecule has 0 N–H and O–H groups in total. The van der Waals surface area contributed by atoms with Crippen molar-refractivity contribution >= 4 is 23.0 Å². The molecule has 2 fully saturated rings. The van der Waals surface area contributed by atoms with Crippen LogP contribution in [0.2, 0.25) is 0 Å². The van der Waals surface area contributed by atoms with Gasteiger partial charge in [0.1, 0.15) is 11.4 Å². The second-order valence-corrected chi connectivity index (χ2v) is 10.3. The largest absolute Gasteiger partial charge is 0.356 e. The van der Waals surface area contributed by atoms with Crippen LogP contribution < -0.4 is 4.90 Å². The molecule has 0 bridgehead atoms. The zero-order chi connectivity index (χ0) is 24.3. The van der Waals surface area contributed by atoms with E-state index < -0.39 is 0 Å². The van der Waals surface area contributed by atoms with Crippen molar-refractivity contribution in [3.8, 4) is 0 Å². The molecular weight excluding hydrogens is 440 g/mol. The van der Waals surface area contributed by atoms with E-state index >= 15 is 0 Å². The van der Waals surface area contributed by atoms with E-state index in [0.29, 0.717) is 23.7 Å². The maximum Gasteiger partial charge on any atom is 0.259 e. The Morgan fingerprint density at radius 2 is 1.91 bits per heavy atom. The highest BCUT2D eigenvalue weighted by atomic mass is 16.2. The van der Waals surface area contributed by atoms with Gasteiger partial charge in [-0.1, -0.05) is 6.92 Å². The Hall–Kier alpha value is -3.49. The van der Waals surface area contributed by atoms with Gasteiger partial charge >= 0.3 is 0 Å². The van der Waals surface area contributed by atoms with Crippen LogP contribution in [0.15, 0.2) is 24.5 Å². The van der Waals surface area contributed by atoms with Crippen molar-refractivity contribution in [2.75, 3.05) is 24.5 Å². The van der Waals surface area contributed by atoms with Crippen LogP contribution in [0, 0.1) is 26.7 Å². The summed E-state index contributed by atoms with van der Waals surface area (Å²) in [5, 5.41) is 9.33. The molecule has 0 unspecified atom stereocenters. The molecule has 2 atom stereocenters. The molecule has 9 nitrogen and oxygen atoms in total. The van der Waals surface area contributed by atoms with Crippen molar-refractivity contribution in [3.63, 3.8) is 0 Å². The van der Waals surface area contributed by atoms with Gasteiger partial charge in [0.15, 0.2) is 11.3 Å². The van der Waals surface area contributed by atoms with E-state index in [9.17, 15) is 4.79 Å². The number of fused-ring (bicyclic) bond motifs is 2. The number of aryl methyl sites for hydroxylation is 3. The molecule has 4 aromatic heterocycles. The molecule has 2 aliphatic heterocycles. The number of nitrogens with zero attached hydrogens (tertiary/aromatic N) is 8. The van der Waals surface area contributed by atoms with Crippen LogP contribution in [-0.4, -0.2) is 59.6 Å². The standard InChI is InChI=1S/C26H32N8O/c1-16-8-10-31(14-16)24-17(2)15-33-23(29-24)12-21(30-33)22-7-5-6-9-32(22)26(35)20-13-27-34-19(4)11-18(3)28-25(20)34/h11-13,15-16,22H,5-10,14H2,1-4H3/t16-,22-/m0/s1. The van der Waals surface area contributed by atoms with E-state index in [2.05, 4.69) is 41.1 Å². The van der Waals surface area contributed by atoms with E-state index in [0.717, 1.165) is 66.5 Å². The summed E-state index contributed by atoms with van der Waals surface area (Å²) < 4.78 is 3.62. The number of aromatic nitrogens is 6. The summed E-state index contributed by atoms with van der Waals surface area (Å²) in [6.45, 7) is 11.1. The van der Waals surface area contributed by atoms with Gasteiger partial charge in [-0.05, 0) is 58.4 Å². The molecule has 0 aromatic carbocycles. The first kappa shape index (κ1) is 22.0. The lowest BCUT2D eigenvalue weighted by Crippen LogP contribution is -2.38. The molecule has 6 rings (SSSR count). The Kier molecular flexibility index (Phi) is 5.23. The first-order chi connectivity index (χ1) is 16.9. The highest BCUT2D eigenvalue weighted by molar-refractivity contribution is 6.00. The van der Waals surface area contributed by atoms with Crippen LogP contribution in [0.1, 0.15) is 71.7 Å². The Bertz CT molecular complexity index is 1440. The third kappa shape index (κ3) is 3.73. The van der Waals surface area contributed by atoms with E-state index in [1.807, 2.05) is 29.3 Å². The number of hydrogen-bond donors (Lipinski definition) is 0. The molecule has 0 aliphatic carbocycles. The lowest BCUT2D eigenvalue weighted by molar-refractivity contribution is 0.0607. The van der Waals surface area contributed by atoms with Crippen LogP contribution in [0.4, 0.5) is 5.82 Å².